The lowest BCUT2D eigenvalue weighted by atomic mass is 10.0. The van der Waals surface area contributed by atoms with Gasteiger partial charge in [-0.25, -0.2) is 14.2 Å². The van der Waals surface area contributed by atoms with Crippen LogP contribution in [0.25, 0.3) is 22.3 Å². The number of nitrogens with zero attached hydrogens (tertiary/aromatic N) is 6. The summed E-state index contributed by atoms with van der Waals surface area (Å²) in [5.41, 5.74) is 3.97. The standard InChI is InChI=1S/C40H37FN8O5/c41-30-13-16-35(43-23-30)36-21-32(54-46-36)25-48-26-38(51)45-37(20-27-11-14-31(50)15-12-27)39(52)47(24-29-8-4-10-34-33(29)9-5-17-42-34)18-19-49(48)40(53)44-22-28-6-2-1-3-7-28/h1-17,21,23,37,50H,18-20,22,24-26H2,(H,44,53)(H,45,51)/t37-/m0/s1. The predicted molar refractivity (Wildman–Crippen MR) is 196 cm³/mol. The van der Waals surface area contributed by atoms with E-state index in [-0.39, 0.29) is 57.3 Å². The second kappa shape index (κ2) is 16.3. The zero-order valence-corrected chi connectivity index (χ0v) is 29.1. The van der Waals surface area contributed by atoms with Crippen LogP contribution in [0.4, 0.5) is 9.18 Å². The fraction of sp³-hybridized carbons (Fsp3) is 0.200. The predicted octanol–water partition coefficient (Wildman–Crippen LogP) is 4.83. The summed E-state index contributed by atoms with van der Waals surface area (Å²) in [4.78, 5) is 52.7. The SMILES string of the molecule is O=C1CN(Cc2cc(-c3ccc(F)cn3)no2)N(C(=O)NCc2ccccc2)CCN(Cc2cccc3ncccc23)C(=O)[C@H](Cc2ccc(O)cc2)N1. The number of nitrogens with one attached hydrogen (secondary N) is 2. The molecule has 0 saturated carbocycles. The van der Waals surface area contributed by atoms with Crippen LogP contribution in [0.3, 0.4) is 0 Å². The number of fused-ring (bicyclic) bond motifs is 1. The van der Waals surface area contributed by atoms with Gasteiger partial charge in [-0.1, -0.05) is 65.8 Å². The van der Waals surface area contributed by atoms with Crippen LogP contribution in [-0.4, -0.2) is 78.7 Å². The van der Waals surface area contributed by atoms with Crippen molar-refractivity contribution in [1.82, 2.24) is 40.7 Å². The summed E-state index contributed by atoms with van der Waals surface area (Å²) in [6.45, 7) is 0.172. The molecule has 6 aromatic rings. The van der Waals surface area contributed by atoms with Crippen LogP contribution in [0.2, 0.25) is 0 Å². The first-order chi connectivity index (χ1) is 26.3. The molecule has 1 aliphatic rings. The molecule has 1 atom stereocenters. The van der Waals surface area contributed by atoms with Crippen molar-refractivity contribution in [3.8, 4) is 17.1 Å². The van der Waals surface area contributed by atoms with E-state index in [0.29, 0.717) is 17.1 Å². The number of rotatable bonds is 9. The van der Waals surface area contributed by atoms with Crippen molar-refractivity contribution in [2.45, 2.75) is 32.1 Å². The van der Waals surface area contributed by atoms with E-state index in [1.165, 1.54) is 29.3 Å². The Morgan fingerprint density at radius 2 is 1.72 bits per heavy atom. The summed E-state index contributed by atoms with van der Waals surface area (Å²) < 4.78 is 19.2. The maximum absolute atomic E-state index is 14.5. The van der Waals surface area contributed by atoms with Crippen LogP contribution in [0.1, 0.15) is 22.5 Å². The minimum atomic E-state index is -0.961. The minimum Gasteiger partial charge on any atom is -0.508 e. The number of amides is 4. The van der Waals surface area contributed by atoms with E-state index in [1.54, 1.807) is 34.3 Å². The van der Waals surface area contributed by atoms with Gasteiger partial charge in [0, 0.05) is 43.7 Å². The Labute approximate surface area is 310 Å². The van der Waals surface area contributed by atoms with Gasteiger partial charge in [-0.2, -0.15) is 0 Å². The monoisotopic (exact) mass is 728 g/mol. The molecule has 1 saturated heterocycles. The Morgan fingerprint density at radius 3 is 2.52 bits per heavy atom. The number of urea groups is 1. The summed E-state index contributed by atoms with van der Waals surface area (Å²) in [7, 11) is 0. The van der Waals surface area contributed by atoms with Gasteiger partial charge in [-0.05, 0) is 53.1 Å². The quantitative estimate of drug-likeness (QED) is 0.190. The van der Waals surface area contributed by atoms with E-state index in [0.717, 1.165) is 33.8 Å². The molecule has 54 heavy (non-hydrogen) atoms. The Hall–Kier alpha value is -6.67. The average molecular weight is 729 g/mol. The van der Waals surface area contributed by atoms with E-state index in [2.05, 4.69) is 25.8 Å². The molecule has 0 unspecified atom stereocenters. The summed E-state index contributed by atoms with van der Waals surface area (Å²) in [6.07, 6.45) is 2.95. The van der Waals surface area contributed by atoms with Crippen molar-refractivity contribution in [1.29, 1.82) is 0 Å². The molecular formula is C40H37FN8O5. The summed E-state index contributed by atoms with van der Waals surface area (Å²) in [6, 6.07) is 28.3. The fourth-order valence-corrected chi connectivity index (χ4v) is 6.37. The van der Waals surface area contributed by atoms with E-state index in [9.17, 15) is 23.9 Å². The molecule has 274 valence electrons. The van der Waals surface area contributed by atoms with E-state index >= 15 is 0 Å². The molecule has 4 amide bonds. The molecule has 3 aromatic carbocycles. The highest BCUT2D eigenvalue weighted by Crippen LogP contribution is 2.22. The van der Waals surface area contributed by atoms with Gasteiger partial charge in [0.15, 0.2) is 5.76 Å². The van der Waals surface area contributed by atoms with Gasteiger partial charge >= 0.3 is 6.03 Å². The molecule has 1 fully saturated rings. The van der Waals surface area contributed by atoms with Crippen LogP contribution in [0, 0.1) is 5.82 Å². The van der Waals surface area contributed by atoms with Crippen molar-refractivity contribution in [3.63, 3.8) is 0 Å². The lowest BCUT2D eigenvalue weighted by Crippen LogP contribution is -2.59. The first-order valence-electron chi connectivity index (χ1n) is 17.4. The van der Waals surface area contributed by atoms with Crippen molar-refractivity contribution < 1.29 is 28.4 Å². The Balaban J connectivity index is 1.22. The van der Waals surface area contributed by atoms with Gasteiger partial charge in [-0.3, -0.25) is 24.6 Å². The first kappa shape index (κ1) is 35.7. The second-order valence-corrected chi connectivity index (χ2v) is 12.9. The number of benzene rings is 3. The maximum Gasteiger partial charge on any atom is 0.332 e. The van der Waals surface area contributed by atoms with Crippen LogP contribution in [0.15, 0.2) is 120 Å². The Bertz CT molecular complexity index is 2230. The zero-order chi connectivity index (χ0) is 37.4. The number of phenolic OH excluding ortho intramolecular Hbond substituents is 1. The topological polar surface area (TPSA) is 157 Å². The van der Waals surface area contributed by atoms with Crippen molar-refractivity contribution in [2.24, 2.45) is 0 Å². The molecule has 0 spiro atoms. The summed E-state index contributed by atoms with van der Waals surface area (Å²) in [5.74, 6) is -0.935. The third-order valence-corrected chi connectivity index (χ3v) is 9.08. The number of hydrogen-bond donors (Lipinski definition) is 3. The molecule has 3 aromatic heterocycles. The molecular weight excluding hydrogens is 691 g/mol. The highest BCUT2D eigenvalue weighted by Gasteiger charge is 2.33. The number of aromatic hydroxyl groups is 1. The molecule has 0 bridgehead atoms. The number of aromatic nitrogens is 3. The molecule has 4 heterocycles. The van der Waals surface area contributed by atoms with Gasteiger partial charge in [0.05, 0.1) is 37.0 Å². The molecule has 0 aliphatic carbocycles. The average Bonchev–Trinajstić information content (AvgIpc) is 3.65. The lowest BCUT2D eigenvalue weighted by Gasteiger charge is -2.38. The van der Waals surface area contributed by atoms with Crippen LogP contribution >= 0.6 is 0 Å². The Morgan fingerprint density at radius 1 is 0.889 bits per heavy atom. The van der Waals surface area contributed by atoms with E-state index < -0.39 is 23.8 Å². The van der Waals surface area contributed by atoms with E-state index in [4.69, 9.17) is 4.52 Å². The molecule has 7 rings (SSSR count). The number of phenols is 1. The molecule has 1 aliphatic heterocycles. The smallest absolute Gasteiger partial charge is 0.332 e. The van der Waals surface area contributed by atoms with Crippen LogP contribution < -0.4 is 10.6 Å². The third-order valence-electron chi connectivity index (χ3n) is 9.08. The number of pyridine rings is 2. The normalized spacial score (nSPS) is 15.6. The van der Waals surface area contributed by atoms with Gasteiger partial charge < -0.3 is 25.2 Å². The van der Waals surface area contributed by atoms with Crippen molar-refractivity contribution in [3.05, 3.63) is 144 Å². The number of carbonyl (C=O) groups is 3. The fourth-order valence-electron chi connectivity index (χ4n) is 6.37. The lowest BCUT2D eigenvalue weighted by molar-refractivity contribution is -0.141. The Kier molecular flexibility index (Phi) is 10.8. The third kappa shape index (κ3) is 8.68. The molecule has 14 heteroatoms. The van der Waals surface area contributed by atoms with Gasteiger partial charge in [-0.15, -0.1) is 0 Å². The number of hydrogen-bond acceptors (Lipinski definition) is 9. The highest BCUT2D eigenvalue weighted by molar-refractivity contribution is 5.90. The van der Waals surface area contributed by atoms with E-state index in [1.807, 2.05) is 60.7 Å². The van der Waals surface area contributed by atoms with Crippen molar-refractivity contribution >= 4 is 28.7 Å². The number of carbonyl (C=O) groups excluding carboxylic acids is 3. The number of halogens is 1. The van der Waals surface area contributed by atoms with Gasteiger partial charge in [0.25, 0.3) is 0 Å². The van der Waals surface area contributed by atoms with Crippen LogP contribution in [0.5, 0.6) is 5.75 Å². The van der Waals surface area contributed by atoms with Gasteiger partial charge in [0.2, 0.25) is 11.8 Å². The number of hydrazine groups is 1. The zero-order valence-electron chi connectivity index (χ0n) is 29.1. The van der Waals surface area contributed by atoms with Gasteiger partial charge in [0.1, 0.15) is 23.3 Å². The molecule has 13 nitrogen and oxygen atoms in total. The minimum absolute atomic E-state index is 0.0229. The molecule has 3 N–H and O–H groups in total. The summed E-state index contributed by atoms with van der Waals surface area (Å²) >= 11 is 0. The first-order valence-corrected chi connectivity index (χ1v) is 17.4. The highest BCUT2D eigenvalue weighted by atomic mass is 19.1. The maximum atomic E-state index is 14.5. The molecule has 0 radical (unpaired) electrons. The second-order valence-electron chi connectivity index (χ2n) is 12.9. The van der Waals surface area contributed by atoms with Crippen LogP contribution in [-0.2, 0) is 35.6 Å². The largest absolute Gasteiger partial charge is 0.508 e. The van der Waals surface area contributed by atoms with Crippen molar-refractivity contribution in [2.75, 3.05) is 19.6 Å². The summed E-state index contributed by atoms with van der Waals surface area (Å²) in [5, 5.41) is 23.7.